The highest BCUT2D eigenvalue weighted by Gasteiger charge is 2.06. The van der Waals surface area contributed by atoms with Crippen LogP contribution in [0, 0.1) is 0 Å². The average Bonchev–Trinajstić information content (AvgIpc) is 3.09. The summed E-state index contributed by atoms with van der Waals surface area (Å²) in [4.78, 5) is 16.3. The van der Waals surface area contributed by atoms with Crippen molar-refractivity contribution in [1.29, 1.82) is 0 Å². The van der Waals surface area contributed by atoms with Crippen LogP contribution in [0.3, 0.4) is 0 Å². The van der Waals surface area contributed by atoms with Crippen molar-refractivity contribution in [2.45, 2.75) is 6.42 Å². The summed E-state index contributed by atoms with van der Waals surface area (Å²) in [7, 11) is 0. The lowest BCUT2D eigenvalue weighted by molar-refractivity contribution is 0.0954. The second-order valence-corrected chi connectivity index (χ2v) is 5.85. The standard InChI is InChI=1S/C18H16N2OS/c21-18(20-11-10-17-19-12-13-22-17)16-8-6-15(7-9-16)14-4-2-1-3-5-14/h1-9,12-13H,10-11H2,(H,20,21). The van der Waals surface area contributed by atoms with E-state index in [-0.39, 0.29) is 5.91 Å². The number of carbonyl (C=O) groups is 1. The van der Waals surface area contributed by atoms with Crippen molar-refractivity contribution in [2.24, 2.45) is 0 Å². The van der Waals surface area contributed by atoms with Gasteiger partial charge in [0.25, 0.3) is 5.91 Å². The van der Waals surface area contributed by atoms with Crippen LogP contribution < -0.4 is 5.32 Å². The number of hydrogen-bond donors (Lipinski definition) is 1. The molecule has 0 atom stereocenters. The van der Waals surface area contributed by atoms with Crippen LogP contribution in [0.25, 0.3) is 11.1 Å². The quantitative estimate of drug-likeness (QED) is 0.779. The van der Waals surface area contributed by atoms with Gasteiger partial charge >= 0.3 is 0 Å². The van der Waals surface area contributed by atoms with Gasteiger partial charge in [0.2, 0.25) is 0 Å². The highest BCUT2D eigenvalue weighted by molar-refractivity contribution is 7.09. The maximum absolute atomic E-state index is 12.1. The van der Waals surface area contributed by atoms with Crippen molar-refractivity contribution >= 4 is 17.2 Å². The zero-order chi connectivity index (χ0) is 15.2. The lowest BCUT2D eigenvalue weighted by atomic mass is 10.0. The zero-order valence-corrected chi connectivity index (χ0v) is 12.8. The molecule has 1 N–H and O–H groups in total. The Bertz CT molecular complexity index is 722. The molecule has 1 aromatic heterocycles. The Balaban J connectivity index is 1.59. The molecule has 3 nitrogen and oxygen atoms in total. The number of benzene rings is 2. The first-order valence-electron chi connectivity index (χ1n) is 7.15. The van der Waals surface area contributed by atoms with Crippen molar-refractivity contribution < 1.29 is 4.79 Å². The van der Waals surface area contributed by atoms with Gasteiger partial charge in [-0.25, -0.2) is 4.98 Å². The van der Waals surface area contributed by atoms with Gasteiger partial charge in [-0.15, -0.1) is 11.3 Å². The van der Waals surface area contributed by atoms with Crippen molar-refractivity contribution in [3.63, 3.8) is 0 Å². The Morgan fingerprint density at radius 3 is 2.41 bits per heavy atom. The van der Waals surface area contributed by atoms with Crippen molar-refractivity contribution in [1.82, 2.24) is 10.3 Å². The Kier molecular flexibility index (Phi) is 4.61. The molecule has 0 saturated carbocycles. The second-order valence-electron chi connectivity index (χ2n) is 4.88. The fourth-order valence-electron chi connectivity index (χ4n) is 2.21. The minimum Gasteiger partial charge on any atom is -0.352 e. The van der Waals surface area contributed by atoms with Gasteiger partial charge in [0.1, 0.15) is 0 Å². The predicted octanol–water partition coefficient (Wildman–Crippen LogP) is 3.78. The summed E-state index contributed by atoms with van der Waals surface area (Å²) in [5.41, 5.74) is 2.94. The smallest absolute Gasteiger partial charge is 0.251 e. The molecule has 0 aliphatic heterocycles. The largest absolute Gasteiger partial charge is 0.352 e. The van der Waals surface area contributed by atoms with Gasteiger partial charge in [-0.1, -0.05) is 42.5 Å². The number of nitrogens with one attached hydrogen (secondary N) is 1. The van der Waals surface area contributed by atoms with Crippen molar-refractivity contribution in [3.8, 4) is 11.1 Å². The molecule has 0 aliphatic carbocycles. The number of thiazole rings is 1. The van der Waals surface area contributed by atoms with E-state index in [9.17, 15) is 4.79 Å². The Morgan fingerprint density at radius 2 is 1.73 bits per heavy atom. The fourth-order valence-corrected chi connectivity index (χ4v) is 2.83. The van der Waals surface area contributed by atoms with Gasteiger partial charge in [0, 0.05) is 30.1 Å². The zero-order valence-electron chi connectivity index (χ0n) is 12.0. The van der Waals surface area contributed by atoms with Crippen LogP contribution in [0.2, 0.25) is 0 Å². The van der Waals surface area contributed by atoms with Gasteiger partial charge in [-0.3, -0.25) is 4.79 Å². The van der Waals surface area contributed by atoms with Crippen LogP contribution in [-0.2, 0) is 6.42 Å². The van der Waals surface area contributed by atoms with E-state index in [1.807, 2.05) is 47.8 Å². The molecule has 0 bridgehead atoms. The highest BCUT2D eigenvalue weighted by Crippen LogP contribution is 2.19. The first-order chi connectivity index (χ1) is 10.8. The monoisotopic (exact) mass is 308 g/mol. The molecular weight excluding hydrogens is 292 g/mol. The minimum absolute atomic E-state index is 0.0452. The molecule has 1 amide bonds. The molecule has 0 unspecified atom stereocenters. The molecule has 22 heavy (non-hydrogen) atoms. The third kappa shape index (κ3) is 3.59. The van der Waals surface area contributed by atoms with E-state index in [1.54, 1.807) is 17.5 Å². The predicted molar refractivity (Wildman–Crippen MR) is 90.0 cm³/mol. The first-order valence-corrected chi connectivity index (χ1v) is 8.03. The van der Waals surface area contributed by atoms with Gasteiger partial charge in [0.05, 0.1) is 5.01 Å². The summed E-state index contributed by atoms with van der Waals surface area (Å²) in [5.74, 6) is -0.0452. The van der Waals surface area contributed by atoms with Gasteiger partial charge in [-0.2, -0.15) is 0 Å². The normalized spacial score (nSPS) is 10.4. The summed E-state index contributed by atoms with van der Waals surface area (Å²) in [6.07, 6.45) is 2.55. The van der Waals surface area contributed by atoms with Gasteiger partial charge in [-0.05, 0) is 23.3 Å². The molecule has 110 valence electrons. The SMILES string of the molecule is O=C(NCCc1nccs1)c1ccc(-c2ccccc2)cc1. The summed E-state index contributed by atoms with van der Waals surface area (Å²) >= 11 is 1.61. The topological polar surface area (TPSA) is 42.0 Å². The molecule has 2 aromatic carbocycles. The number of carbonyl (C=O) groups excluding carboxylic acids is 1. The van der Waals surface area contributed by atoms with E-state index in [2.05, 4.69) is 22.4 Å². The molecule has 0 saturated heterocycles. The summed E-state index contributed by atoms with van der Waals surface area (Å²) in [5, 5.41) is 5.91. The van der Waals surface area contributed by atoms with E-state index >= 15 is 0 Å². The summed E-state index contributed by atoms with van der Waals surface area (Å²) in [6.45, 7) is 0.604. The van der Waals surface area contributed by atoms with Gasteiger partial charge < -0.3 is 5.32 Å². The van der Waals surface area contributed by atoms with Crippen LogP contribution >= 0.6 is 11.3 Å². The summed E-state index contributed by atoms with van der Waals surface area (Å²) < 4.78 is 0. The molecule has 3 aromatic rings. The number of amides is 1. The van der Waals surface area contributed by atoms with Crippen LogP contribution in [0.4, 0.5) is 0 Å². The lowest BCUT2D eigenvalue weighted by Gasteiger charge is -2.06. The third-order valence-corrected chi connectivity index (χ3v) is 4.20. The minimum atomic E-state index is -0.0452. The van der Waals surface area contributed by atoms with E-state index in [1.165, 1.54) is 0 Å². The highest BCUT2D eigenvalue weighted by atomic mass is 32.1. The number of nitrogens with zero attached hydrogens (tertiary/aromatic N) is 1. The molecule has 0 spiro atoms. The average molecular weight is 308 g/mol. The number of rotatable bonds is 5. The molecule has 0 aliphatic rings. The molecule has 0 radical (unpaired) electrons. The maximum Gasteiger partial charge on any atom is 0.251 e. The van der Waals surface area contributed by atoms with Crippen molar-refractivity contribution in [2.75, 3.05) is 6.54 Å². The van der Waals surface area contributed by atoms with E-state index < -0.39 is 0 Å². The molecule has 1 heterocycles. The van der Waals surface area contributed by atoms with Crippen LogP contribution in [0.1, 0.15) is 15.4 Å². The van der Waals surface area contributed by atoms with Crippen LogP contribution in [-0.4, -0.2) is 17.4 Å². The van der Waals surface area contributed by atoms with E-state index in [0.29, 0.717) is 12.1 Å². The molecule has 0 fully saturated rings. The molecule has 4 heteroatoms. The van der Waals surface area contributed by atoms with E-state index in [0.717, 1.165) is 22.6 Å². The van der Waals surface area contributed by atoms with Gasteiger partial charge in [0.15, 0.2) is 0 Å². The molecule has 3 rings (SSSR count). The van der Waals surface area contributed by atoms with Crippen LogP contribution in [0.5, 0.6) is 0 Å². The number of aromatic nitrogens is 1. The number of hydrogen-bond acceptors (Lipinski definition) is 3. The third-order valence-electron chi connectivity index (χ3n) is 3.36. The lowest BCUT2D eigenvalue weighted by Crippen LogP contribution is -2.25. The summed E-state index contributed by atoms with van der Waals surface area (Å²) in [6, 6.07) is 17.8. The molecular formula is C18H16N2OS. The Morgan fingerprint density at radius 1 is 1.00 bits per heavy atom. The first kappa shape index (κ1) is 14.5. The maximum atomic E-state index is 12.1. The Labute approximate surface area is 133 Å². The van der Waals surface area contributed by atoms with Crippen molar-refractivity contribution in [3.05, 3.63) is 76.7 Å². The van der Waals surface area contributed by atoms with Crippen LogP contribution in [0.15, 0.2) is 66.2 Å². The van der Waals surface area contributed by atoms with E-state index in [4.69, 9.17) is 0 Å². The fraction of sp³-hybridized carbons (Fsp3) is 0.111. The Hall–Kier alpha value is -2.46. The second kappa shape index (κ2) is 7.00.